The van der Waals surface area contributed by atoms with Crippen molar-refractivity contribution in [1.29, 1.82) is 0 Å². The largest absolute Gasteiger partial charge is 0.477 e. The van der Waals surface area contributed by atoms with Crippen LogP contribution >= 0.6 is 0 Å². The molecule has 0 radical (unpaired) electrons. The van der Waals surface area contributed by atoms with Gasteiger partial charge in [0.05, 0.1) is 5.75 Å². The number of carboxylic acids is 1. The second kappa shape index (κ2) is 7.58. The fraction of sp³-hybridized carbons (Fsp3) is 0.417. The number of aromatic carboxylic acids is 1. The van der Waals surface area contributed by atoms with Gasteiger partial charge in [0.25, 0.3) is 0 Å². The summed E-state index contributed by atoms with van der Waals surface area (Å²) < 4.78 is 22.4. The predicted molar refractivity (Wildman–Crippen MR) is 75.8 cm³/mol. The van der Waals surface area contributed by atoms with Gasteiger partial charge in [-0.1, -0.05) is 13.0 Å². The summed E-state index contributed by atoms with van der Waals surface area (Å²) in [4.78, 5) is 25.8. The number of nitrogens with one attached hydrogen (secondary N) is 2. The number of carboxylic acid groups (broad SMARTS) is 1. The zero-order valence-corrected chi connectivity index (χ0v) is 12.3. The number of sulfone groups is 1. The van der Waals surface area contributed by atoms with Crippen LogP contribution in [0.5, 0.6) is 0 Å². The molecule has 0 aliphatic rings. The number of pyridine rings is 1. The van der Waals surface area contributed by atoms with Gasteiger partial charge in [0.15, 0.2) is 9.84 Å². The molecule has 0 aliphatic carbocycles. The third kappa shape index (κ3) is 6.21. The third-order valence-corrected chi connectivity index (χ3v) is 4.34. The van der Waals surface area contributed by atoms with E-state index in [9.17, 15) is 18.0 Å². The maximum absolute atomic E-state index is 11.4. The molecule has 0 aromatic carbocycles. The molecule has 2 amide bonds. The Hall–Kier alpha value is -2.16. The topological polar surface area (TPSA) is 125 Å². The Morgan fingerprint density at radius 3 is 2.52 bits per heavy atom. The third-order valence-electron chi connectivity index (χ3n) is 2.64. The van der Waals surface area contributed by atoms with Gasteiger partial charge in [0.1, 0.15) is 5.69 Å². The molecular weight excluding hydrogens is 298 g/mol. The van der Waals surface area contributed by atoms with Crippen molar-refractivity contribution < 1.29 is 23.1 Å². The van der Waals surface area contributed by atoms with E-state index in [0.717, 1.165) is 0 Å². The summed E-state index contributed by atoms with van der Waals surface area (Å²) in [5.74, 6) is -1.19. The Kier molecular flexibility index (Phi) is 6.10. The van der Waals surface area contributed by atoms with Gasteiger partial charge in [0.2, 0.25) is 0 Å². The van der Waals surface area contributed by atoms with E-state index in [0.29, 0.717) is 5.56 Å². The van der Waals surface area contributed by atoms with E-state index in [4.69, 9.17) is 5.11 Å². The highest BCUT2D eigenvalue weighted by Gasteiger charge is 2.08. The average molecular weight is 315 g/mol. The Morgan fingerprint density at radius 2 is 2.00 bits per heavy atom. The lowest BCUT2D eigenvalue weighted by Gasteiger charge is -2.07. The SMILES string of the molecule is CCS(=O)(=O)CCNC(=O)NCc1ccc(C(=O)O)nc1. The number of carbonyl (C=O) groups is 2. The Morgan fingerprint density at radius 1 is 1.29 bits per heavy atom. The summed E-state index contributed by atoms with van der Waals surface area (Å²) in [5.41, 5.74) is 0.560. The van der Waals surface area contributed by atoms with Crippen LogP contribution in [0.3, 0.4) is 0 Å². The van der Waals surface area contributed by atoms with Crippen LogP contribution in [0.2, 0.25) is 0 Å². The molecule has 1 aromatic rings. The molecule has 0 aliphatic heterocycles. The van der Waals surface area contributed by atoms with Crippen molar-refractivity contribution >= 4 is 21.8 Å². The lowest BCUT2D eigenvalue weighted by molar-refractivity contribution is 0.0690. The van der Waals surface area contributed by atoms with Gasteiger partial charge in [-0.2, -0.15) is 0 Å². The van der Waals surface area contributed by atoms with E-state index in [1.807, 2.05) is 0 Å². The maximum Gasteiger partial charge on any atom is 0.354 e. The van der Waals surface area contributed by atoms with Crippen LogP contribution in [-0.2, 0) is 16.4 Å². The molecule has 1 heterocycles. The zero-order valence-electron chi connectivity index (χ0n) is 11.5. The van der Waals surface area contributed by atoms with Crippen molar-refractivity contribution in [3.63, 3.8) is 0 Å². The van der Waals surface area contributed by atoms with Crippen molar-refractivity contribution in [3.05, 3.63) is 29.6 Å². The van der Waals surface area contributed by atoms with Gasteiger partial charge in [0, 0.05) is 25.0 Å². The number of rotatable bonds is 7. The first-order chi connectivity index (χ1) is 9.84. The van der Waals surface area contributed by atoms with Crippen molar-refractivity contribution in [2.75, 3.05) is 18.1 Å². The normalized spacial score (nSPS) is 10.9. The molecule has 1 rings (SSSR count). The molecular formula is C12H17N3O5S. The van der Waals surface area contributed by atoms with Gasteiger partial charge in [-0.05, 0) is 11.6 Å². The van der Waals surface area contributed by atoms with E-state index >= 15 is 0 Å². The molecule has 0 saturated carbocycles. The van der Waals surface area contributed by atoms with E-state index in [2.05, 4.69) is 15.6 Å². The van der Waals surface area contributed by atoms with Gasteiger partial charge in [-0.25, -0.2) is 23.0 Å². The zero-order chi connectivity index (χ0) is 15.9. The number of amides is 2. The van der Waals surface area contributed by atoms with Gasteiger partial charge < -0.3 is 15.7 Å². The summed E-state index contributed by atoms with van der Waals surface area (Å²) in [7, 11) is -3.10. The van der Waals surface area contributed by atoms with Crippen LogP contribution in [0.25, 0.3) is 0 Å². The van der Waals surface area contributed by atoms with E-state index in [1.165, 1.54) is 18.3 Å². The molecule has 9 heteroatoms. The summed E-state index contributed by atoms with van der Waals surface area (Å²) in [6.45, 7) is 1.75. The van der Waals surface area contributed by atoms with Crippen LogP contribution in [0.1, 0.15) is 23.0 Å². The second-order valence-corrected chi connectivity index (χ2v) is 6.68. The highest BCUT2D eigenvalue weighted by atomic mass is 32.2. The van der Waals surface area contributed by atoms with Gasteiger partial charge in [-0.3, -0.25) is 0 Å². The minimum absolute atomic E-state index is 0.0396. The van der Waals surface area contributed by atoms with E-state index in [-0.39, 0.29) is 30.3 Å². The predicted octanol–water partition coefficient (Wildman–Crippen LogP) is 0.0137. The molecule has 21 heavy (non-hydrogen) atoms. The highest BCUT2D eigenvalue weighted by molar-refractivity contribution is 7.91. The lowest BCUT2D eigenvalue weighted by Crippen LogP contribution is -2.37. The summed E-state index contributed by atoms with van der Waals surface area (Å²) >= 11 is 0. The number of urea groups is 1. The molecule has 0 bridgehead atoms. The first-order valence-corrected chi connectivity index (χ1v) is 8.06. The van der Waals surface area contributed by atoms with Crippen LogP contribution < -0.4 is 10.6 Å². The highest BCUT2D eigenvalue weighted by Crippen LogP contribution is 2.00. The van der Waals surface area contributed by atoms with Crippen molar-refractivity contribution in [2.45, 2.75) is 13.5 Å². The fourth-order valence-corrected chi connectivity index (χ4v) is 2.07. The number of hydrogen-bond acceptors (Lipinski definition) is 5. The Bertz CT molecular complexity index is 598. The molecule has 8 nitrogen and oxygen atoms in total. The Balaban J connectivity index is 2.34. The first kappa shape index (κ1) is 16.9. The molecule has 0 spiro atoms. The van der Waals surface area contributed by atoms with Crippen LogP contribution in [-0.4, -0.2) is 48.6 Å². The number of hydrogen-bond donors (Lipinski definition) is 3. The van der Waals surface area contributed by atoms with E-state index in [1.54, 1.807) is 6.92 Å². The first-order valence-electron chi connectivity index (χ1n) is 6.24. The number of nitrogens with zero attached hydrogens (tertiary/aromatic N) is 1. The molecule has 0 saturated heterocycles. The second-order valence-electron chi connectivity index (χ2n) is 4.20. The molecule has 0 unspecified atom stereocenters. The van der Waals surface area contributed by atoms with Gasteiger partial charge in [-0.15, -0.1) is 0 Å². The van der Waals surface area contributed by atoms with Crippen molar-refractivity contribution in [3.8, 4) is 0 Å². The quantitative estimate of drug-likeness (QED) is 0.651. The molecule has 0 atom stereocenters. The Labute approximate surface area is 122 Å². The van der Waals surface area contributed by atoms with Crippen molar-refractivity contribution in [2.24, 2.45) is 0 Å². The summed E-state index contributed by atoms with van der Waals surface area (Å²) in [5, 5.41) is 13.6. The smallest absolute Gasteiger partial charge is 0.354 e. The van der Waals surface area contributed by atoms with Gasteiger partial charge >= 0.3 is 12.0 Å². The molecule has 0 fully saturated rings. The monoisotopic (exact) mass is 315 g/mol. The molecule has 3 N–H and O–H groups in total. The van der Waals surface area contributed by atoms with Crippen molar-refractivity contribution in [1.82, 2.24) is 15.6 Å². The minimum Gasteiger partial charge on any atom is -0.477 e. The lowest BCUT2D eigenvalue weighted by atomic mass is 10.2. The minimum atomic E-state index is -3.10. The maximum atomic E-state index is 11.4. The number of carbonyl (C=O) groups excluding carboxylic acids is 1. The fourth-order valence-electron chi connectivity index (χ4n) is 1.36. The van der Waals surface area contributed by atoms with Crippen LogP contribution in [0.4, 0.5) is 4.79 Å². The number of aromatic nitrogens is 1. The standard InChI is InChI=1S/C12H17N3O5S/c1-2-21(19,20)6-5-13-12(18)15-8-9-3-4-10(11(16)17)14-7-9/h3-4,7H,2,5-6,8H2,1H3,(H,16,17)(H2,13,15,18). The van der Waals surface area contributed by atoms with Crippen LogP contribution in [0, 0.1) is 0 Å². The molecule has 116 valence electrons. The summed E-state index contributed by atoms with van der Waals surface area (Å²) in [6.07, 6.45) is 1.35. The van der Waals surface area contributed by atoms with Crippen LogP contribution in [0.15, 0.2) is 18.3 Å². The molecule has 1 aromatic heterocycles. The van der Waals surface area contributed by atoms with E-state index < -0.39 is 21.8 Å². The average Bonchev–Trinajstić information content (AvgIpc) is 2.45. The summed E-state index contributed by atoms with van der Waals surface area (Å²) in [6, 6.07) is 2.38.